The van der Waals surface area contributed by atoms with Crippen LogP contribution in [0.2, 0.25) is 0 Å². The van der Waals surface area contributed by atoms with E-state index in [-0.39, 0.29) is 25.3 Å². The van der Waals surface area contributed by atoms with Gasteiger partial charge in [-0.1, -0.05) is 13.8 Å². The molecule has 1 aromatic heterocycles. The Morgan fingerprint density at radius 1 is 0.544 bits per heavy atom. The van der Waals surface area contributed by atoms with Crippen molar-refractivity contribution in [2.24, 2.45) is 0 Å². The number of carbonyl (C=O) groups excluding carboxylic acids is 3. The van der Waals surface area contributed by atoms with Crippen molar-refractivity contribution in [2.75, 3.05) is 54.2 Å². The molecular weight excluding hydrogens is 775 g/mol. The Balaban J connectivity index is 3.23. The van der Waals surface area contributed by atoms with E-state index in [2.05, 4.69) is 0 Å². The maximum Gasteiger partial charge on any atom is 0.349 e. The minimum atomic E-state index is -3.62. The van der Waals surface area contributed by atoms with E-state index in [1.165, 1.54) is 37.9 Å². The van der Waals surface area contributed by atoms with Crippen LogP contribution in [0.15, 0.2) is 14.4 Å². The number of rotatable bonds is 28. The van der Waals surface area contributed by atoms with Gasteiger partial charge in [0.15, 0.2) is 18.3 Å². The standard InChI is InChI=1S/C35H65N6O15P/c1-14-24(5)36(11)54-26(7)30(42)49-21-18-39-33(45)40(19-22-50-31(43)27(8)55-37(12)25(6)15-2)35(47)41(34(39)46)20-23-51-32(44)28(9)56-38(13)29(10)57(48,52-16-3)53-17-4/h24-29H,14-23H2,1-13H3. The van der Waals surface area contributed by atoms with E-state index in [0.29, 0.717) is 13.7 Å². The molecule has 330 valence electrons. The summed E-state index contributed by atoms with van der Waals surface area (Å²) in [6.07, 6.45) is -1.70. The van der Waals surface area contributed by atoms with Crippen LogP contribution in [0.25, 0.3) is 0 Å². The molecule has 0 aliphatic rings. The molecule has 0 amide bonds. The quantitative estimate of drug-likeness (QED) is 0.0508. The predicted octanol–water partition coefficient (Wildman–Crippen LogP) is 1.77. The Morgan fingerprint density at radius 3 is 1.09 bits per heavy atom. The van der Waals surface area contributed by atoms with Gasteiger partial charge in [-0.25, -0.2) is 42.5 Å². The molecule has 21 nitrogen and oxygen atoms in total. The second kappa shape index (κ2) is 25.3. The molecule has 1 heterocycles. The first-order valence-electron chi connectivity index (χ1n) is 19.2. The molecule has 0 N–H and O–H groups in total. The summed E-state index contributed by atoms with van der Waals surface area (Å²) in [5.74, 6) is -3.29. The lowest BCUT2D eigenvalue weighted by molar-refractivity contribution is -0.212. The maximum absolute atomic E-state index is 13.5. The van der Waals surface area contributed by atoms with Crippen LogP contribution in [0.3, 0.4) is 0 Å². The van der Waals surface area contributed by atoms with Gasteiger partial charge in [0.25, 0.3) is 0 Å². The largest absolute Gasteiger partial charge is 0.462 e. The second-order valence-electron chi connectivity index (χ2n) is 13.2. The smallest absolute Gasteiger partial charge is 0.349 e. The van der Waals surface area contributed by atoms with E-state index < -0.39 is 106 Å². The third-order valence-electron chi connectivity index (χ3n) is 9.06. The van der Waals surface area contributed by atoms with Gasteiger partial charge in [0.1, 0.15) is 25.6 Å². The van der Waals surface area contributed by atoms with Gasteiger partial charge in [-0.15, -0.1) is 0 Å². The lowest BCUT2D eigenvalue weighted by Gasteiger charge is -2.31. The summed E-state index contributed by atoms with van der Waals surface area (Å²) in [5.41, 5.74) is -3.19. The van der Waals surface area contributed by atoms with Crippen molar-refractivity contribution in [1.82, 2.24) is 28.9 Å². The van der Waals surface area contributed by atoms with Crippen LogP contribution in [0.4, 0.5) is 0 Å². The number of nitrogens with zero attached hydrogens (tertiary/aromatic N) is 6. The average molecular weight is 841 g/mol. The van der Waals surface area contributed by atoms with E-state index in [4.69, 9.17) is 37.8 Å². The van der Waals surface area contributed by atoms with E-state index in [1.807, 2.05) is 27.7 Å². The molecule has 57 heavy (non-hydrogen) atoms. The number of hydroxylamine groups is 6. The van der Waals surface area contributed by atoms with Crippen LogP contribution in [0.1, 0.15) is 82.1 Å². The molecule has 22 heteroatoms. The summed E-state index contributed by atoms with van der Waals surface area (Å²) < 4.78 is 41.7. The third-order valence-corrected chi connectivity index (χ3v) is 11.5. The molecule has 0 aliphatic carbocycles. The molecular formula is C35H65N6O15P. The maximum atomic E-state index is 13.5. The summed E-state index contributed by atoms with van der Waals surface area (Å²) in [7, 11) is 1.17. The molecule has 0 spiro atoms. The topological polar surface area (TPSA) is 218 Å². The molecule has 0 radical (unpaired) electrons. The van der Waals surface area contributed by atoms with Crippen molar-refractivity contribution in [2.45, 2.75) is 138 Å². The SMILES string of the molecule is CCOP(=O)(OCC)C(C)N(C)OC(C)C(=O)OCCn1c(=O)n(CCOC(=O)C(C)ON(C)C(C)CC)c(=O)n(CCOC(=O)C(C)ON(C)C(C)CC)c1=O. The molecule has 1 rings (SSSR count). The molecule has 0 saturated heterocycles. The van der Waals surface area contributed by atoms with Crippen LogP contribution in [-0.4, -0.2) is 137 Å². The van der Waals surface area contributed by atoms with Gasteiger partial charge in [0.05, 0.1) is 32.8 Å². The molecule has 0 aromatic carbocycles. The Bertz CT molecular complexity index is 1560. The Hall–Kier alpha value is -3.27. The van der Waals surface area contributed by atoms with Crippen molar-refractivity contribution in [3.8, 4) is 0 Å². The molecule has 0 bridgehead atoms. The van der Waals surface area contributed by atoms with Crippen molar-refractivity contribution in [3.63, 3.8) is 0 Å². The predicted molar refractivity (Wildman–Crippen MR) is 207 cm³/mol. The molecule has 0 saturated carbocycles. The number of hydrogen-bond donors (Lipinski definition) is 0. The Kier molecular flexibility index (Phi) is 22.9. The van der Waals surface area contributed by atoms with Gasteiger partial charge in [0.2, 0.25) is 0 Å². The summed E-state index contributed by atoms with van der Waals surface area (Å²) in [4.78, 5) is 95.4. The monoisotopic (exact) mass is 840 g/mol. The number of esters is 3. The molecule has 0 aliphatic heterocycles. The fourth-order valence-corrected chi connectivity index (χ4v) is 6.50. The summed E-state index contributed by atoms with van der Waals surface area (Å²) >= 11 is 0. The van der Waals surface area contributed by atoms with Crippen molar-refractivity contribution in [1.29, 1.82) is 0 Å². The first kappa shape index (κ1) is 51.7. The fraction of sp³-hybridized carbons (Fsp3) is 0.829. The molecule has 6 atom stereocenters. The molecule has 1 aromatic rings. The first-order valence-corrected chi connectivity index (χ1v) is 20.8. The van der Waals surface area contributed by atoms with E-state index in [0.717, 1.165) is 17.9 Å². The average Bonchev–Trinajstić information content (AvgIpc) is 3.17. The van der Waals surface area contributed by atoms with Gasteiger partial charge in [0, 0.05) is 33.2 Å². The van der Waals surface area contributed by atoms with Crippen LogP contribution in [0, 0.1) is 0 Å². The number of hydrogen-bond acceptors (Lipinski definition) is 18. The first-order chi connectivity index (χ1) is 26.7. The number of aromatic nitrogens is 3. The van der Waals surface area contributed by atoms with Crippen molar-refractivity contribution in [3.05, 3.63) is 31.5 Å². The summed E-state index contributed by atoms with van der Waals surface area (Å²) in [6.45, 7) is 14.4. The van der Waals surface area contributed by atoms with Crippen molar-refractivity contribution < 1.29 is 56.7 Å². The second-order valence-corrected chi connectivity index (χ2v) is 15.6. The summed E-state index contributed by atoms with van der Waals surface area (Å²) in [6, 6.07) is 0.0391. The minimum absolute atomic E-state index is 0.0195. The van der Waals surface area contributed by atoms with Gasteiger partial charge >= 0.3 is 42.6 Å². The van der Waals surface area contributed by atoms with Gasteiger partial charge < -0.3 is 23.3 Å². The zero-order valence-electron chi connectivity index (χ0n) is 35.8. The highest BCUT2D eigenvalue weighted by Gasteiger charge is 2.37. The Labute approximate surface area is 334 Å². The zero-order chi connectivity index (χ0) is 43.6. The number of carbonyl (C=O) groups is 3. The van der Waals surface area contributed by atoms with Crippen LogP contribution >= 0.6 is 7.60 Å². The normalized spacial score (nSPS) is 15.3. The lowest BCUT2D eigenvalue weighted by Crippen LogP contribution is -2.55. The van der Waals surface area contributed by atoms with Crippen LogP contribution < -0.4 is 17.1 Å². The molecule has 0 fully saturated rings. The highest BCUT2D eigenvalue weighted by molar-refractivity contribution is 7.54. The fourth-order valence-electron chi connectivity index (χ4n) is 4.82. The summed E-state index contributed by atoms with van der Waals surface area (Å²) in [5, 5.41) is 4.21. The minimum Gasteiger partial charge on any atom is -0.462 e. The Morgan fingerprint density at radius 2 is 0.825 bits per heavy atom. The van der Waals surface area contributed by atoms with Gasteiger partial charge in [-0.3, -0.25) is 19.1 Å². The molecule has 6 unspecified atom stereocenters. The van der Waals surface area contributed by atoms with E-state index >= 15 is 0 Å². The van der Waals surface area contributed by atoms with Crippen LogP contribution in [-0.2, 0) is 76.4 Å². The third kappa shape index (κ3) is 15.8. The van der Waals surface area contributed by atoms with E-state index in [9.17, 15) is 33.3 Å². The van der Waals surface area contributed by atoms with Crippen LogP contribution in [0.5, 0.6) is 0 Å². The lowest BCUT2D eigenvalue weighted by atomic mass is 10.3. The van der Waals surface area contributed by atoms with Gasteiger partial charge in [-0.2, -0.15) is 15.2 Å². The number of ether oxygens (including phenoxy) is 3. The highest BCUT2D eigenvalue weighted by Crippen LogP contribution is 2.53. The van der Waals surface area contributed by atoms with E-state index in [1.54, 1.807) is 34.9 Å². The van der Waals surface area contributed by atoms with Crippen molar-refractivity contribution >= 4 is 25.5 Å². The highest BCUT2D eigenvalue weighted by atomic mass is 31.2. The zero-order valence-corrected chi connectivity index (χ0v) is 36.7. The van der Waals surface area contributed by atoms with Gasteiger partial charge in [-0.05, 0) is 68.2 Å².